The summed E-state index contributed by atoms with van der Waals surface area (Å²) in [5, 5.41) is 0. The first kappa shape index (κ1) is 16.7. The predicted octanol–water partition coefficient (Wildman–Crippen LogP) is 1.53. The van der Waals surface area contributed by atoms with Crippen LogP contribution >= 0.6 is 24.0 Å². The fourth-order valence-electron chi connectivity index (χ4n) is 2.28. The van der Waals surface area contributed by atoms with Crippen LogP contribution in [0.4, 0.5) is 0 Å². The van der Waals surface area contributed by atoms with Crippen LogP contribution in [0, 0.1) is 0 Å². The maximum Gasteiger partial charge on any atom is 0.179 e. The van der Waals surface area contributed by atoms with Crippen molar-refractivity contribution in [3.05, 3.63) is 29.8 Å². The van der Waals surface area contributed by atoms with Crippen LogP contribution in [0.2, 0.25) is 0 Å². The van der Waals surface area contributed by atoms with Gasteiger partial charge in [-0.3, -0.25) is 4.90 Å². The first-order valence-corrected chi connectivity index (χ1v) is 10.1. The molecule has 1 atom stereocenters. The number of thioether (sulfide) groups is 1. The lowest BCUT2D eigenvalue weighted by molar-refractivity contribution is 0.246. The molecule has 4 nitrogen and oxygen atoms in total. The van der Waals surface area contributed by atoms with Crippen LogP contribution in [0.25, 0.3) is 0 Å². The summed E-state index contributed by atoms with van der Waals surface area (Å²) in [4.78, 5) is 2.86. The summed E-state index contributed by atoms with van der Waals surface area (Å²) in [5.41, 5.74) is 6.20. The lowest BCUT2D eigenvalue weighted by Gasteiger charge is -2.32. The number of nitrogens with zero attached hydrogens (tertiary/aromatic N) is 1. The van der Waals surface area contributed by atoms with Crippen LogP contribution < -0.4 is 5.73 Å². The molecule has 0 spiro atoms. The molecule has 1 unspecified atom stereocenters. The topological polar surface area (TPSA) is 63.4 Å². The van der Waals surface area contributed by atoms with Gasteiger partial charge < -0.3 is 5.73 Å². The van der Waals surface area contributed by atoms with Gasteiger partial charge in [0, 0.05) is 36.2 Å². The van der Waals surface area contributed by atoms with Crippen molar-refractivity contribution in [2.75, 3.05) is 30.3 Å². The van der Waals surface area contributed by atoms with Crippen molar-refractivity contribution in [3.63, 3.8) is 0 Å². The number of rotatable bonds is 5. The van der Waals surface area contributed by atoms with Gasteiger partial charge in [0.05, 0.1) is 10.6 Å². The van der Waals surface area contributed by atoms with Gasteiger partial charge in [-0.1, -0.05) is 24.4 Å². The lowest BCUT2D eigenvalue weighted by Crippen LogP contribution is -2.42. The second-order valence-electron chi connectivity index (χ2n) is 5.17. The van der Waals surface area contributed by atoms with E-state index in [0.717, 1.165) is 18.1 Å². The molecule has 0 aromatic heterocycles. The zero-order valence-electron chi connectivity index (χ0n) is 12.0. The number of sulfone groups is 1. The number of hydrogen-bond acceptors (Lipinski definition) is 5. The maximum absolute atomic E-state index is 12.4. The Morgan fingerprint density at radius 3 is 2.67 bits per heavy atom. The lowest BCUT2D eigenvalue weighted by atomic mass is 10.2. The fourth-order valence-corrected chi connectivity index (χ4v) is 4.76. The summed E-state index contributed by atoms with van der Waals surface area (Å²) in [7, 11) is -3.26. The van der Waals surface area contributed by atoms with E-state index in [2.05, 4.69) is 11.8 Å². The Balaban J connectivity index is 2.02. The molecule has 1 aliphatic rings. The van der Waals surface area contributed by atoms with E-state index < -0.39 is 9.84 Å². The zero-order valence-corrected chi connectivity index (χ0v) is 14.4. The molecule has 0 saturated carbocycles. The maximum atomic E-state index is 12.4. The van der Waals surface area contributed by atoms with Gasteiger partial charge >= 0.3 is 0 Å². The minimum atomic E-state index is -3.26. The molecule has 1 aromatic rings. The quantitative estimate of drug-likeness (QED) is 0.818. The molecular weight excluding hydrogens is 324 g/mol. The van der Waals surface area contributed by atoms with E-state index in [1.165, 1.54) is 0 Å². The molecule has 0 aliphatic carbocycles. The number of nitrogens with two attached hydrogens (primary N) is 1. The molecule has 0 radical (unpaired) electrons. The van der Waals surface area contributed by atoms with Gasteiger partial charge in [0.25, 0.3) is 0 Å². The van der Waals surface area contributed by atoms with E-state index in [9.17, 15) is 8.42 Å². The minimum absolute atomic E-state index is 0.147. The molecular formula is C14H20N2O2S3. The SMILES string of the molecule is CC1CSCCN1CCS(=O)(=O)c1ccc(C(N)=S)cc1. The van der Waals surface area contributed by atoms with Crippen molar-refractivity contribution in [1.82, 2.24) is 4.90 Å². The van der Waals surface area contributed by atoms with E-state index in [-0.39, 0.29) is 10.7 Å². The van der Waals surface area contributed by atoms with Crippen LogP contribution in [0.15, 0.2) is 29.2 Å². The molecule has 116 valence electrons. The molecule has 2 N–H and O–H groups in total. The highest BCUT2D eigenvalue weighted by Gasteiger charge is 2.22. The predicted molar refractivity (Wildman–Crippen MR) is 92.7 cm³/mol. The van der Waals surface area contributed by atoms with Gasteiger partial charge in [0.2, 0.25) is 0 Å². The average Bonchev–Trinajstić information content (AvgIpc) is 2.46. The number of benzene rings is 1. The van der Waals surface area contributed by atoms with E-state index in [1.54, 1.807) is 24.3 Å². The van der Waals surface area contributed by atoms with Crippen LogP contribution in [-0.2, 0) is 9.84 Å². The molecule has 2 rings (SSSR count). The third kappa shape index (κ3) is 4.42. The standard InChI is InChI=1S/C14H20N2O2S3/c1-11-10-20-8-6-16(11)7-9-21(17,18)13-4-2-12(3-5-13)14(15)19/h2-5,11H,6-10H2,1H3,(H2,15,19). The minimum Gasteiger partial charge on any atom is -0.389 e. The van der Waals surface area contributed by atoms with Crippen molar-refractivity contribution in [1.29, 1.82) is 0 Å². The van der Waals surface area contributed by atoms with Gasteiger partial charge in [-0.25, -0.2) is 8.42 Å². The normalized spacial score (nSPS) is 20.3. The van der Waals surface area contributed by atoms with Gasteiger partial charge in [0.15, 0.2) is 9.84 Å². The highest BCUT2D eigenvalue weighted by atomic mass is 32.2. The van der Waals surface area contributed by atoms with Crippen LogP contribution in [-0.4, -0.2) is 54.7 Å². The highest BCUT2D eigenvalue weighted by Crippen LogP contribution is 2.17. The molecule has 0 amide bonds. The van der Waals surface area contributed by atoms with Crippen LogP contribution in [0.3, 0.4) is 0 Å². The second kappa shape index (κ2) is 7.09. The third-order valence-electron chi connectivity index (χ3n) is 3.65. The molecule has 1 saturated heterocycles. The van der Waals surface area contributed by atoms with Crippen molar-refractivity contribution in [2.24, 2.45) is 5.73 Å². The Kier molecular flexibility index (Phi) is 5.65. The zero-order chi connectivity index (χ0) is 15.5. The van der Waals surface area contributed by atoms with Crippen molar-refractivity contribution in [3.8, 4) is 0 Å². The number of hydrogen-bond donors (Lipinski definition) is 1. The Hall–Kier alpha value is -0.630. The number of thiocarbonyl (C=S) groups is 1. The summed E-state index contributed by atoms with van der Waals surface area (Å²) in [6.45, 7) is 3.69. The smallest absolute Gasteiger partial charge is 0.179 e. The van der Waals surface area contributed by atoms with Gasteiger partial charge in [0.1, 0.15) is 4.99 Å². The first-order valence-electron chi connectivity index (χ1n) is 6.84. The summed E-state index contributed by atoms with van der Waals surface area (Å²) in [6.07, 6.45) is 0. The van der Waals surface area contributed by atoms with E-state index >= 15 is 0 Å². The molecule has 0 bridgehead atoms. The summed E-state index contributed by atoms with van der Waals surface area (Å²) in [5.74, 6) is 2.30. The summed E-state index contributed by atoms with van der Waals surface area (Å²) in [6, 6.07) is 6.93. The molecule has 1 aromatic carbocycles. The van der Waals surface area contributed by atoms with Crippen molar-refractivity contribution in [2.45, 2.75) is 17.9 Å². The Morgan fingerprint density at radius 2 is 2.10 bits per heavy atom. The summed E-state index contributed by atoms with van der Waals surface area (Å²) >= 11 is 6.79. The molecule has 1 heterocycles. The third-order valence-corrected chi connectivity index (χ3v) is 6.79. The van der Waals surface area contributed by atoms with Crippen molar-refractivity contribution < 1.29 is 8.42 Å². The van der Waals surface area contributed by atoms with Gasteiger partial charge in [-0.05, 0) is 19.1 Å². The second-order valence-corrected chi connectivity index (χ2v) is 8.87. The molecule has 1 aliphatic heterocycles. The average molecular weight is 345 g/mol. The summed E-state index contributed by atoms with van der Waals surface area (Å²) < 4.78 is 24.7. The largest absolute Gasteiger partial charge is 0.389 e. The van der Waals surface area contributed by atoms with Gasteiger partial charge in [-0.15, -0.1) is 0 Å². The monoisotopic (exact) mass is 344 g/mol. The van der Waals surface area contributed by atoms with Crippen molar-refractivity contribution >= 4 is 38.8 Å². The van der Waals surface area contributed by atoms with Gasteiger partial charge in [-0.2, -0.15) is 11.8 Å². The molecule has 1 fully saturated rings. The fraction of sp³-hybridized carbons (Fsp3) is 0.500. The molecule has 21 heavy (non-hydrogen) atoms. The molecule has 7 heteroatoms. The van der Waals surface area contributed by atoms with E-state index in [0.29, 0.717) is 23.0 Å². The Labute approximate surface area is 136 Å². The Morgan fingerprint density at radius 1 is 1.43 bits per heavy atom. The van der Waals surface area contributed by atoms with E-state index in [4.69, 9.17) is 18.0 Å². The van der Waals surface area contributed by atoms with E-state index in [1.807, 2.05) is 11.8 Å². The van der Waals surface area contributed by atoms with Crippen LogP contribution in [0.1, 0.15) is 12.5 Å². The van der Waals surface area contributed by atoms with Crippen LogP contribution in [0.5, 0.6) is 0 Å². The highest BCUT2D eigenvalue weighted by molar-refractivity contribution is 7.99. The Bertz CT molecular complexity index is 599. The first-order chi connectivity index (χ1) is 9.90.